The van der Waals surface area contributed by atoms with Crippen molar-refractivity contribution >= 4 is 33.0 Å². The summed E-state index contributed by atoms with van der Waals surface area (Å²) < 4.78 is 54.7. The van der Waals surface area contributed by atoms with Crippen LogP contribution in [0.2, 0.25) is 0 Å². The molecule has 10 heteroatoms. The maximum atomic E-state index is 14.0. The molecule has 0 bridgehead atoms. The number of nitrogens with one attached hydrogen (secondary N) is 1. The lowest BCUT2D eigenvalue weighted by molar-refractivity contribution is 0.0784. The van der Waals surface area contributed by atoms with Crippen molar-refractivity contribution in [1.29, 1.82) is 0 Å². The summed E-state index contributed by atoms with van der Waals surface area (Å²) in [5, 5.41) is 0. The number of anilines is 1. The maximum Gasteiger partial charge on any atom is 0.264 e. The molecular weight excluding hydrogens is 492 g/mol. The molecular formula is C25H19F2N3O3S2. The van der Waals surface area contributed by atoms with E-state index in [-0.39, 0.29) is 17.6 Å². The van der Waals surface area contributed by atoms with Gasteiger partial charge in [-0.3, -0.25) is 14.5 Å². The number of carbonyl (C=O) groups is 1. The average Bonchev–Trinajstić information content (AvgIpc) is 3.39. The number of benzene rings is 2. The van der Waals surface area contributed by atoms with E-state index in [0.29, 0.717) is 17.2 Å². The van der Waals surface area contributed by atoms with Crippen molar-refractivity contribution in [3.8, 4) is 20.9 Å². The first-order valence-electron chi connectivity index (χ1n) is 10.6. The fourth-order valence-electron chi connectivity index (χ4n) is 4.01. The van der Waals surface area contributed by atoms with E-state index < -0.39 is 26.6 Å². The number of nitrogens with zero attached hydrogens (tertiary/aromatic N) is 2. The molecule has 0 spiro atoms. The Hall–Kier alpha value is -3.63. The lowest BCUT2D eigenvalue weighted by Crippen LogP contribution is -2.20. The second kappa shape index (κ2) is 8.54. The Labute approximate surface area is 204 Å². The molecule has 1 atom stereocenters. The molecule has 5 rings (SSSR count). The number of rotatable bonds is 5. The van der Waals surface area contributed by atoms with Gasteiger partial charge in [0.25, 0.3) is 15.9 Å². The number of sulfonamides is 1. The molecule has 2 aromatic heterocycles. The molecule has 0 saturated heterocycles. The van der Waals surface area contributed by atoms with E-state index >= 15 is 0 Å². The van der Waals surface area contributed by atoms with Crippen LogP contribution in [0.1, 0.15) is 28.9 Å². The maximum absolute atomic E-state index is 14.0. The van der Waals surface area contributed by atoms with E-state index in [0.717, 1.165) is 33.0 Å². The van der Waals surface area contributed by atoms with Crippen LogP contribution in [-0.2, 0) is 10.0 Å². The third-order valence-electron chi connectivity index (χ3n) is 5.98. The normalized spacial score (nSPS) is 15.4. The molecule has 35 heavy (non-hydrogen) atoms. The fraction of sp³-hybridized carbons (Fsp3) is 0.120. The van der Waals surface area contributed by atoms with Crippen LogP contribution in [0.5, 0.6) is 0 Å². The Bertz CT molecular complexity index is 1580. The van der Waals surface area contributed by atoms with Crippen molar-refractivity contribution in [3.05, 3.63) is 89.8 Å². The van der Waals surface area contributed by atoms with E-state index in [9.17, 15) is 22.0 Å². The van der Waals surface area contributed by atoms with Gasteiger partial charge >= 0.3 is 0 Å². The second-order valence-electron chi connectivity index (χ2n) is 8.20. The van der Waals surface area contributed by atoms with Gasteiger partial charge in [0.05, 0.1) is 17.9 Å². The predicted octanol–water partition coefficient (Wildman–Crippen LogP) is 5.70. The highest BCUT2D eigenvalue weighted by molar-refractivity contribution is 7.92. The molecule has 3 heterocycles. The van der Waals surface area contributed by atoms with Crippen LogP contribution in [0.15, 0.2) is 71.9 Å². The van der Waals surface area contributed by atoms with Gasteiger partial charge in [-0.25, -0.2) is 17.2 Å². The highest BCUT2D eigenvalue weighted by Crippen LogP contribution is 2.39. The van der Waals surface area contributed by atoms with E-state index in [1.807, 2.05) is 37.3 Å². The molecule has 1 amide bonds. The number of halogens is 2. The Balaban J connectivity index is 1.42. The molecule has 1 unspecified atom stereocenters. The van der Waals surface area contributed by atoms with Crippen molar-refractivity contribution in [2.24, 2.45) is 0 Å². The highest BCUT2D eigenvalue weighted by Gasteiger charge is 2.31. The molecule has 0 radical (unpaired) electrons. The summed E-state index contributed by atoms with van der Waals surface area (Å²) in [6.07, 6.45) is 2.91. The predicted molar refractivity (Wildman–Crippen MR) is 131 cm³/mol. The number of amides is 1. The molecule has 4 aromatic rings. The van der Waals surface area contributed by atoms with Gasteiger partial charge in [0, 0.05) is 40.2 Å². The fourth-order valence-corrected chi connectivity index (χ4v) is 6.09. The third kappa shape index (κ3) is 4.19. The standard InChI is InChI=1S/C25H19F2N3O3S2/c1-14-20-10-15(3-5-19(20)25(31)30(14)2)22-6-7-23(34-22)16-9-18(13-28-12-16)29-35(32,33)24-8-4-17(26)11-21(24)27/h3-14,29H,1-2H3. The minimum atomic E-state index is -4.28. The van der Waals surface area contributed by atoms with Crippen LogP contribution in [0.25, 0.3) is 20.9 Å². The van der Waals surface area contributed by atoms with Crippen LogP contribution in [0.3, 0.4) is 0 Å². The molecule has 178 valence electrons. The lowest BCUT2D eigenvalue weighted by Gasteiger charge is -2.15. The van der Waals surface area contributed by atoms with E-state index in [4.69, 9.17) is 0 Å². The first-order valence-corrected chi connectivity index (χ1v) is 12.9. The van der Waals surface area contributed by atoms with Crippen LogP contribution in [0.4, 0.5) is 14.5 Å². The topological polar surface area (TPSA) is 79.4 Å². The zero-order valence-electron chi connectivity index (χ0n) is 18.6. The van der Waals surface area contributed by atoms with Gasteiger partial charge in [-0.05, 0) is 60.5 Å². The minimum Gasteiger partial charge on any atom is -0.335 e. The van der Waals surface area contributed by atoms with E-state index in [1.54, 1.807) is 24.2 Å². The molecule has 1 N–H and O–H groups in total. The van der Waals surface area contributed by atoms with Gasteiger partial charge < -0.3 is 4.90 Å². The Kier molecular flexibility index (Phi) is 5.65. The van der Waals surface area contributed by atoms with Gasteiger partial charge in [0.2, 0.25) is 0 Å². The van der Waals surface area contributed by atoms with Crippen molar-refractivity contribution in [3.63, 3.8) is 0 Å². The first kappa shape index (κ1) is 23.1. The molecule has 6 nitrogen and oxygen atoms in total. The number of hydrogen-bond acceptors (Lipinski definition) is 5. The van der Waals surface area contributed by atoms with Gasteiger partial charge in [-0.2, -0.15) is 0 Å². The van der Waals surface area contributed by atoms with Crippen molar-refractivity contribution in [1.82, 2.24) is 9.88 Å². The van der Waals surface area contributed by atoms with E-state index in [1.165, 1.54) is 17.5 Å². The largest absolute Gasteiger partial charge is 0.335 e. The summed E-state index contributed by atoms with van der Waals surface area (Å²) in [4.78, 5) is 19.3. The smallest absolute Gasteiger partial charge is 0.264 e. The number of fused-ring (bicyclic) bond motifs is 1. The van der Waals surface area contributed by atoms with Crippen molar-refractivity contribution in [2.45, 2.75) is 17.9 Å². The molecule has 0 aliphatic carbocycles. The molecule has 2 aromatic carbocycles. The van der Waals surface area contributed by atoms with Gasteiger partial charge in [-0.1, -0.05) is 6.07 Å². The Morgan fingerprint density at radius 3 is 2.46 bits per heavy atom. The quantitative estimate of drug-likeness (QED) is 0.373. The average molecular weight is 512 g/mol. The Morgan fingerprint density at radius 2 is 1.71 bits per heavy atom. The second-order valence-corrected chi connectivity index (χ2v) is 10.9. The molecule has 0 saturated carbocycles. The number of aromatic nitrogens is 1. The van der Waals surface area contributed by atoms with Gasteiger partial charge in [-0.15, -0.1) is 11.3 Å². The monoisotopic (exact) mass is 511 g/mol. The molecule has 1 aliphatic rings. The summed E-state index contributed by atoms with van der Waals surface area (Å²) in [7, 11) is -2.49. The zero-order valence-corrected chi connectivity index (χ0v) is 20.3. The molecule has 0 fully saturated rings. The number of pyridine rings is 1. The van der Waals surface area contributed by atoms with Crippen LogP contribution < -0.4 is 4.72 Å². The summed E-state index contributed by atoms with van der Waals surface area (Å²) in [5.41, 5.74) is 3.49. The summed E-state index contributed by atoms with van der Waals surface area (Å²) >= 11 is 1.50. The van der Waals surface area contributed by atoms with Crippen LogP contribution >= 0.6 is 11.3 Å². The van der Waals surface area contributed by atoms with Crippen molar-refractivity contribution < 1.29 is 22.0 Å². The van der Waals surface area contributed by atoms with Crippen LogP contribution in [-0.4, -0.2) is 31.3 Å². The van der Waals surface area contributed by atoms with E-state index in [2.05, 4.69) is 9.71 Å². The van der Waals surface area contributed by atoms with Crippen LogP contribution in [0, 0.1) is 11.6 Å². The summed E-state index contributed by atoms with van der Waals surface area (Å²) in [6.45, 7) is 1.99. The lowest BCUT2D eigenvalue weighted by atomic mass is 10.0. The van der Waals surface area contributed by atoms with Gasteiger partial charge in [0.15, 0.2) is 0 Å². The zero-order chi connectivity index (χ0) is 24.9. The highest BCUT2D eigenvalue weighted by atomic mass is 32.2. The molecule has 1 aliphatic heterocycles. The van der Waals surface area contributed by atoms with Crippen molar-refractivity contribution in [2.75, 3.05) is 11.8 Å². The van der Waals surface area contributed by atoms with Gasteiger partial charge in [0.1, 0.15) is 16.5 Å². The minimum absolute atomic E-state index is 0.00303. The first-order chi connectivity index (χ1) is 16.6. The number of carbonyl (C=O) groups excluding carboxylic acids is 1. The summed E-state index contributed by atoms with van der Waals surface area (Å²) in [6, 6.07) is 13.5. The SMILES string of the molecule is CC1c2cc(-c3ccc(-c4cncc(NS(=O)(=O)c5ccc(F)cc5F)c4)s3)ccc2C(=O)N1C. The summed E-state index contributed by atoms with van der Waals surface area (Å²) in [5.74, 6) is -2.03. The number of hydrogen-bond donors (Lipinski definition) is 1. The Morgan fingerprint density at radius 1 is 0.971 bits per heavy atom. The number of thiophene rings is 1. The third-order valence-corrected chi connectivity index (χ3v) is 8.58.